The minimum atomic E-state index is -0.548. The Balaban J connectivity index is 1.58. The minimum Gasteiger partial charge on any atom is -0.462 e. The maximum absolute atomic E-state index is 13.1. The van der Waals surface area contributed by atoms with E-state index in [1.54, 1.807) is 43.0 Å². The molecule has 0 aliphatic carbocycles. The molecule has 0 atom stereocenters. The average Bonchev–Trinajstić information content (AvgIpc) is 2.93. The van der Waals surface area contributed by atoms with Crippen LogP contribution in [-0.4, -0.2) is 60.4 Å². The fraction of sp³-hybridized carbons (Fsp3) is 0.250. The second-order valence-electron chi connectivity index (χ2n) is 8.81. The van der Waals surface area contributed by atoms with Gasteiger partial charge in [-0.15, -0.1) is 0 Å². The Morgan fingerprint density at radius 1 is 0.921 bits per heavy atom. The van der Waals surface area contributed by atoms with Gasteiger partial charge < -0.3 is 19.9 Å². The van der Waals surface area contributed by atoms with Crippen molar-refractivity contribution < 1.29 is 24.0 Å². The van der Waals surface area contributed by atoms with Crippen LogP contribution < -0.4 is 10.2 Å². The Morgan fingerprint density at radius 3 is 2.26 bits per heavy atom. The monoisotopic (exact) mass is 516 g/mol. The van der Waals surface area contributed by atoms with E-state index in [0.717, 1.165) is 0 Å². The number of carbonyl (C=O) groups excluding carboxylic acids is 3. The summed E-state index contributed by atoms with van der Waals surface area (Å²) in [5, 5.41) is 14.2. The second-order valence-corrected chi connectivity index (χ2v) is 8.81. The Hall–Kier alpha value is -4.73. The molecule has 10 heteroatoms. The summed E-state index contributed by atoms with van der Waals surface area (Å²) in [7, 11) is 0. The van der Waals surface area contributed by atoms with Gasteiger partial charge in [0.05, 0.1) is 28.5 Å². The molecule has 0 unspecified atom stereocenters. The lowest BCUT2D eigenvalue weighted by Crippen LogP contribution is -2.49. The molecule has 2 amide bonds. The van der Waals surface area contributed by atoms with Gasteiger partial charge in [0, 0.05) is 48.9 Å². The molecule has 1 aliphatic heterocycles. The first kappa shape index (κ1) is 26.3. The highest BCUT2D eigenvalue weighted by atomic mass is 16.6. The maximum atomic E-state index is 13.1. The summed E-state index contributed by atoms with van der Waals surface area (Å²) in [5.74, 6) is -1.12. The predicted octanol–water partition coefficient (Wildman–Crippen LogP) is 4.29. The van der Waals surface area contributed by atoms with Crippen LogP contribution in [0.1, 0.15) is 43.6 Å². The van der Waals surface area contributed by atoms with Gasteiger partial charge in [-0.2, -0.15) is 0 Å². The molecule has 0 aromatic heterocycles. The molecule has 1 heterocycles. The van der Waals surface area contributed by atoms with Crippen LogP contribution in [0.25, 0.3) is 0 Å². The van der Waals surface area contributed by atoms with Crippen LogP contribution in [0.15, 0.2) is 66.7 Å². The third-order valence-electron chi connectivity index (χ3n) is 6.35. The number of hydrogen-bond acceptors (Lipinski definition) is 7. The molecule has 0 spiro atoms. The van der Waals surface area contributed by atoms with Crippen molar-refractivity contribution in [2.45, 2.75) is 13.8 Å². The van der Waals surface area contributed by atoms with E-state index in [9.17, 15) is 24.5 Å². The fourth-order valence-corrected chi connectivity index (χ4v) is 4.31. The SMILES string of the molecule is CCOC(=O)c1ccc(N2CCN(C(=O)c3ccccc3)CC2)c(NC(=O)c2ccc(C)c([N+](=O)[O-])c2)c1. The third-order valence-corrected chi connectivity index (χ3v) is 6.35. The summed E-state index contributed by atoms with van der Waals surface area (Å²) < 4.78 is 5.11. The van der Waals surface area contributed by atoms with Gasteiger partial charge in [-0.3, -0.25) is 19.7 Å². The van der Waals surface area contributed by atoms with Crippen LogP contribution in [-0.2, 0) is 4.74 Å². The largest absolute Gasteiger partial charge is 0.462 e. The standard InChI is InChI=1S/C28H28N4O6/c1-3-38-28(35)22-11-12-24(30-13-15-31(16-14-30)27(34)20-7-5-4-6-8-20)23(17-22)29-26(33)21-10-9-19(2)25(18-21)32(36)37/h4-12,17-18H,3,13-16H2,1-2H3,(H,29,33). The Bertz CT molecular complexity index is 1370. The van der Waals surface area contributed by atoms with E-state index < -0.39 is 16.8 Å². The number of esters is 1. The number of carbonyl (C=O) groups is 3. The molecule has 3 aromatic rings. The second kappa shape index (κ2) is 11.5. The molecule has 0 bridgehead atoms. The van der Waals surface area contributed by atoms with Gasteiger partial charge in [-0.05, 0) is 50.2 Å². The van der Waals surface area contributed by atoms with Crippen molar-refractivity contribution in [1.82, 2.24) is 4.90 Å². The lowest BCUT2D eigenvalue weighted by molar-refractivity contribution is -0.385. The van der Waals surface area contributed by atoms with Crippen molar-refractivity contribution in [2.24, 2.45) is 0 Å². The molecular formula is C28H28N4O6. The van der Waals surface area contributed by atoms with Crippen molar-refractivity contribution in [3.8, 4) is 0 Å². The van der Waals surface area contributed by atoms with E-state index >= 15 is 0 Å². The molecule has 196 valence electrons. The Kier molecular flexibility index (Phi) is 8.00. The number of rotatable bonds is 7. The van der Waals surface area contributed by atoms with Crippen LogP contribution in [0.5, 0.6) is 0 Å². The van der Waals surface area contributed by atoms with Gasteiger partial charge in [0.25, 0.3) is 17.5 Å². The van der Waals surface area contributed by atoms with Crippen LogP contribution >= 0.6 is 0 Å². The highest BCUT2D eigenvalue weighted by Crippen LogP contribution is 2.30. The first-order valence-electron chi connectivity index (χ1n) is 12.2. The van der Waals surface area contributed by atoms with Gasteiger partial charge in [0.15, 0.2) is 0 Å². The zero-order valence-electron chi connectivity index (χ0n) is 21.2. The first-order valence-corrected chi connectivity index (χ1v) is 12.2. The summed E-state index contributed by atoms with van der Waals surface area (Å²) in [6, 6.07) is 18.2. The van der Waals surface area contributed by atoms with Crippen LogP contribution in [0.2, 0.25) is 0 Å². The lowest BCUT2D eigenvalue weighted by atomic mass is 10.1. The molecule has 1 N–H and O–H groups in total. The van der Waals surface area contributed by atoms with Crippen molar-refractivity contribution in [3.63, 3.8) is 0 Å². The molecular weight excluding hydrogens is 488 g/mol. The Labute approximate surface area is 220 Å². The number of nitro groups is 1. The number of anilines is 2. The van der Waals surface area contributed by atoms with Gasteiger partial charge in [0.2, 0.25) is 0 Å². The minimum absolute atomic E-state index is 0.0441. The highest BCUT2D eigenvalue weighted by Gasteiger charge is 2.25. The molecule has 1 aliphatic rings. The predicted molar refractivity (Wildman–Crippen MR) is 143 cm³/mol. The summed E-state index contributed by atoms with van der Waals surface area (Å²) in [6.07, 6.45) is 0. The van der Waals surface area contributed by atoms with Crippen molar-refractivity contribution in [3.05, 3.63) is 99.1 Å². The zero-order chi connectivity index (χ0) is 27.2. The summed E-state index contributed by atoms with van der Waals surface area (Å²) in [6.45, 7) is 5.48. The maximum Gasteiger partial charge on any atom is 0.338 e. The smallest absolute Gasteiger partial charge is 0.338 e. The zero-order valence-corrected chi connectivity index (χ0v) is 21.2. The third kappa shape index (κ3) is 5.80. The summed E-state index contributed by atoms with van der Waals surface area (Å²) >= 11 is 0. The number of benzene rings is 3. The summed E-state index contributed by atoms with van der Waals surface area (Å²) in [5.41, 5.74) is 2.33. The molecule has 1 saturated heterocycles. The van der Waals surface area contributed by atoms with E-state index in [1.165, 1.54) is 24.3 Å². The van der Waals surface area contributed by atoms with Gasteiger partial charge in [0.1, 0.15) is 0 Å². The van der Waals surface area contributed by atoms with Crippen LogP contribution in [0.4, 0.5) is 17.1 Å². The normalized spacial score (nSPS) is 13.1. The van der Waals surface area contributed by atoms with E-state index in [4.69, 9.17) is 4.74 Å². The van der Waals surface area contributed by atoms with E-state index in [1.807, 2.05) is 23.1 Å². The average molecular weight is 517 g/mol. The molecule has 4 rings (SSSR count). The molecule has 0 saturated carbocycles. The Morgan fingerprint density at radius 2 is 1.61 bits per heavy atom. The molecule has 10 nitrogen and oxygen atoms in total. The van der Waals surface area contributed by atoms with Gasteiger partial charge >= 0.3 is 5.97 Å². The van der Waals surface area contributed by atoms with Crippen LogP contribution in [0, 0.1) is 17.0 Å². The van der Waals surface area contributed by atoms with Crippen molar-refractivity contribution in [1.29, 1.82) is 0 Å². The molecule has 0 radical (unpaired) electrons. The number of nitrogens with one attached hydrogen (secondary N) is 1. The van der Waals surface area contributed by atoms with Gasteiger partial charge in [-0.1, -0.05) is 24.3 Å². The summed E-state index contributed by atoms with van der Waals surface area (Å²) in [4.78, 5) is 53.0. The molecule has 3 aromatic carbocycles. The van der Waals surface area contributed by atoms with E-state index in [2.05, 4.69) is 5.32 Å². The van der Waals surface area contributed by atoms with Crippen LogP contribution in [0.3, 0.4) is 0 Å². The lowest BCUT2D eigenvalue weighted by Gasteiger charge is -2.37. The van der Waals surface area contributed by atoms with E-state index in [0.29, 0.717) is 48.7 Å². The molecule has 38 heavy (non-hydrogen) atoms. The van der Waals surface area contributed by atoms with Crippen molar-refractivity contribution >= 4 is 34.8 Å². The number of ether oxygens (including phenoxy) is 1. The number of amides is 2. The van der Waals surface area contributed by atoms with Crippen molar-refractivity contribution in [2.75, 3.05) is 43.0 Å². The number of piperazine rings is 1. The fourth-order valence-electron chi connectivity index (χ4n) is 4.31. The quantitative estimate of drug-likeness (QED) is 0.282. The van der Waals surface area contributed by atoms with E-state index in [-0.39, 0.29) is 29.3 Å². The number of nitrogens with zero attached hydrogens (tertiary/aromatic N) is 3. The number of hydrogen-bond donors (Lipinski definition) is 1. The molecule has 1 fully saturated rings. The number of aryl methyl sites for hydroxylation is 1. The van der Waals surface area contributed by atoms with Gasteiger partial charge in [-0.25, -0.2) is 4.79 Å². The topological polar surface area (TPSA) is 122 Å². The first-order chi connectivity index (χ1) is 18.3. The highest BCUT2D eigenvalue weighted by molar-refractivity contribution is 6.07. The number of nitro benzene ring substituents is 1.